The number of unbranched alkanes of at least 4 members (excludes halogenated alkanes) is 6. The Bertz CT molecular complexity index is 915. The van der Waals surface area contributed by atoms with Crippen LogP contribution in [0, 0.1) is 0 Å². The zero-order valence-electron chi connectivity index (χ0n) is 23.7. The van der Waals surface area contributed by atoms with Crippen LogP contribution in [-0.4, -0.2) is 62.2 Å². The Kier molecular flexibility index (Phi) is 14.1. The Morgan fingerprint density at radius 1 is 0.895 bits per heavy atom. The van der Waals surface area contributed by atoms with Crippen molar-refractivity contribution in [2.24, 2.45) is 0 Å². The minimum absolute atomic E-state index is 0.254. The van der Waals surface area contributed by atoms with Gasteiger partial charge in [-0.2, -0.15) is 0 Å². The molecule has 210 valence electrons. The Morgan fingerprint density at radius 3 is 2.37 bits per heavy atom. The predicted molar refractivity (Wildman–Crippen MR) is 154 cm³/mol. The molecule has 1 heterocycles. The van der Waals surface area contributed by atoms with Gasteiger partial charge in [0.05, 0.1) is 20.3 Å². The van der Waals surface area contributed by atoms with Crippen molar-refractivity contribution < 1.29 is 19.0 Å². The van der Waals surface area contributed by atoms with E-state index < -0.39 is 0 Å². The monoisotopic (exact) mass is 524 g/mol. The Labute approximate surface area is 230 Å². The maximum absolute atomic E-state index is 13.3. The summed E-state index contributed by atoms with van der Waals surface area (Å²) in [6, 6.07) is 16.1. The highest BCUT2D eigenvalue weighted by molar-refractivity contribution is 5.76. The molecule has 0 aliphatic carbocycles. The summed E-state index contributed by atoms with van der Waals surface area (Å²) in [5.74, 6) is 1.67. The summed E-state index contributed by atoms with van der Waals surface area (Å²) in [4.78, 5) is 17.8. The van der Waals surface area contributed by atoms with Crippen molar-refractivity contribution in [3.63, 3.8) is 0 Å². The summed E-state index contributed by atoms with van der Waals surface area (Å²) in [6.07, 6.45) is 10.1. The van der Waals surface area contributed by atoms with Gasteiger partial charge in [-0.15, -0.1) is 0 Å². The topological polar surface area (TPSA) is 51.2 Å². The van der Waals surface area contributed by atoms with Gasteiger partial charge < -0.3 is 19.1 Å². The molecule has 1 aliphatic heterocycles. The van der Waals surface area contributed by atoms with Crippen LogP contribution in [0.3, 0.4) is 0 Å². The molecule has 0 unspecified atom stereocenters. The van der Waals surface area contributed by atoms with Crippen molar-refractivity contribution in [2.75, 3.05) is 46.5 Å². The Morgan fingerprint density at radius 2 is 1.63 bits per heavy atom. The number of rotatable bonds is 18. The zero-order valence-corrected chi connectivity index (χ0v) is 23.7. The molecule has 6 heteroatoms. The van der Waals surface area contributed by atoms with Gasteiger partial charge in [0.25, 0.3) is 0 Å². The molecule has 2 aromatic carbocycles. The fourth-order valence-corrected chi connectivity index (χ4v) is 4.88. The maximum Gasteiger partial charge on any atom is 0.222 e. The van der Waals surface area contributed by atoms with Crippen LogP contribution in [0.2, 0.25) is 0 Å². The van der Waals surface area contributed by atoms with E-state index in [-0.39, 0.29) is 5.91 Å². The number of morpholine rings is 1. The molecule has 0 radical (unpaired) electrons. The molecule has 1 fully saturated rings. The fraction of sp³-hybridized carbons (Fsp3) is 0.594. The van der Waals surface area contributed by atoms with Gasteiger partial charge in [0.15, 0.2) is 11.5 Å². The van der Waals surface area contributed by atoms with Crippen LogP contribution in [0.15, 0.2) is 48.5 Å². The number of carbonyl (C=O) groups is 1. The molecule has 1 amide bonds. The highest BCUT2D eigenvalue weighted by Gasteiger charge is 2.17. The standard InChI is InChI=1S/C32H48N2O4/c1-3-4-5-6-7-8-12-16-32(35)34(20-13-19-33-21-23-37-24-22-33)26-29-17-18-30(31(25-29)36-2)38-27-28-14-10-9-11-15-28/h9-11,14-15,17-18,25H,3-8,12-13,16,19-24,26-27H2,1-2H3. The molecular formula is C32H48N2O4. The van der Waals surface area contributed by atoms with Gasteiger partial charge in [-0.05, 0) is 36.1 Å². The first kappa shape index (κ1) is 30.0. The normalized spacial score (nSPS) is 13.8. The van der Waals surface area contributed by atoms with E-state index in [9.17, 15) is 4.79 Å². The second-order valence-corrected chi connectivity index (χ2v) is 10.3. The Balaban J connectivity index is 1.56. The summed E-state index contributed by atoms with van der Waals surface area (Å²) >= 11 is 0. The number of ether oxygens (including phenoxy) is 3. The zero-order chi connectivity index (χ0) is 26.8. The highest BCUT2D eigenvalue weighted by atomic mass is 16.5. The lowest BCUT2D eigenvalue weighted by Gasteiger charge is -2.28. The van der Waals surface area contributed by atoms with E-state index in [0.29, 0.717) is 31.1 Å². The number of nitrogens with zero attached hydrogens (tertiary/aromatic N) is 2. The molecule has 38 heavy (non-hydrogen) atoms. The number of methoxy groups -OCH3 is 1. The predicted octanol–water partition coefficient (Wildman–Crippen LogP) is 6.47. The van der Waals surface area contributed by atoms with Crippen molar-refractivity contribution in [1.82, 2.24) is 9.80 Å². The number of benzene rings is 2. The molecule has 2 aromatic rings. The van der Waals surface area contributed by atoms with Gasteiger partial charge in [-0.1, -0.05) is 81.8 Å². The van der Waals surface area contributed by atoms with Crippen molar-refractivity contribution in [2.45, 2.75) is 77.9 Å². The van der Waals surface area contributed by atoms with Crippen LogP contribution in [-0.2, 0) is 22.7 Å². The van der Waals surface area contributed by atoms with Crippen LogP contribution < -0.4 is 9.47 Å². The second-order valence-electron chi connectivity index (χ2n) is 10.3. The first-order chi connectivity index (χ1) is 18.7. The summed E-state index contributed by atoms with van der Waals surface area (Å²) in [7, 11) is 1.67. The van der Waals surface area contributed by atoms with E-state index in [1.54, 1.807) is 7.11 Å². The van der Waals surface area contributed by atoms with Crippen molar-refractivity contribution in [1.29, 1.82) is 0 Å². The molecule has 1 aliphatic rings. The van der Waals surface area contributed by atoms with Gasteiger partial charge in [0, 0.05) is 39.1 Å². The molecule has 0 aromatic heterocycles. The van der Waals surface area contributed by atoms with Crippen LogP contribution in [0.5, 0.6) is 11.5 Å². The van der Waals surface area contributed by atoms with Crippen molar-refractivity contribution in [3.05, 3.63) is 59.7 Å². The van der Waals surface area contributed by atoms with Gasteiger partial charge in [-0.25, -0.2) is 0 Å². The second kappa shape index (κ2) is 17.8. The molecule has 0 bridgehead atoms. The van der Waals surface area contributed by atoms with E-state index in [4.69, 9.17) is 14.2 Å². The summed E-state index contributed by atoms with van der Waals surface area (Å²) < 4.78 is 17.2. The maximum atomic E-state index is 13.3. The molecule has 3 rings (SSSR count). The fourth-order valence-electron chi connectivity index (χ4n) is 4.88. The lowest BCUT2D eigenvalue weighted by Crippen LogP contribution is -2.39. The van der Waals surface area contributed by atoms with Crippen LogP contribution in [0.25, 0.3) is 0 Å². The van der Waals surface area contributed by atoms with E-state index in [0.717, 1.165) is 69.8 Å². The summed E-state index contributed by atoms with van der Waals surface area (Å²) in [5, 5.41) is 0. The number of hydrogen-bond donors (Lipinski definition) is 0. The molecule has 1 saturated heterocycles. The third-order valence-corrected chi connectivity index (χ3v) is 7.19. The quantitative estimate of drug-likeness (QED) is 0.209. The van der Waals surface area contributed by atoms with E-state index >= 15 is 0 Å². The molecule has 0 spiro atoms. The van der Waals surface area contributed by atoms with E-state index in [1.165, 1.54) is 32.1 Å². The van der Waals surface area contributed by atoms with Crippen molar-refractivity contribution >= 4 is 5.91 Å². The minimum atomic E-state index is 0.254. The minimum Gasteiger partial charge on any atom is -0.493 e. The van der Waals surface area contributed by atoms with Gasteiger partial charge >= 0.3 is 0 Å². The third kappa shape index (κ3) is 11.0. The molecule has 0 N–H and O–H groups in total. The largest absolute Gasteiger partial charge is 0.493 e. The highest BCUT2D eigenvalue weighted by Crippen LogP contribution is 2.29. The smallest absolute Gasteiger partial charge is 0.222 e. The van der Waals surface area contributed by atoms with Gasteiger partial charge in [0.2, 0.25) is 5.91 Å². The summed E-state index contributed by atoms with van der Waals surface area (Å²) in [6.45, 7) is 8.66. The molecule has 0 saturated carbocycles. The van der Waals surface area contributed by atoms with Crippen molar-refractivity contribution in [3.8, 4) is 11.5 Å². The van der Waals surface area contributed by atoms with E-state index in [2.05, 4.69) is 17.9 Å². The first-order valence-corrected chi connectivity index (χ1v) is 14.6. The molecule has 0 atom stereocenters. The molecular weight excluding hydrogens is 476 g/mol. The Hall–Kier alpha value is -2.57. The molecule has 6 nitrogen and oxygen atoms in total. The average Bonchev–Trinajstić information content (AvgIpc) is 2.96. The van der Waals surface area contributed by atoms with E-state index in [1.807, 2.05) is 47.4 Å². The average molecular weight is 525 g/mol. The third-order valence-electron chi connectivity index (χ3n) is 7.19. The number of hydrogen-bond acceptors (Lipinski definition) is 5. The number of carbonyl (C=O) groups excluding carboxylic acids is 1. The SMILES string of the molecule is CCCCCCCCCC(=O)N(CCCN1CCOCC1)Cc1ccc(OCc2ccccc2)c(OC)c1. The number of amides is 1. The van der Waals surface area contributed by atoms with Crippen LogP contribution in [0.4, 0.5) is 0 Å². The lowest BCUT2D eigenvalue weighted by atomic mass is 10.1. The first-order valence-electron chi connectivity index (χ1n) is 14.6. The lowest BCUT2D eigenvalue weighted by molar-refractivity contribution is -0.132. The van der Waals surface area contributed by atoms with Crippen LogP contribution >= 0.6 is 0 Å². The summed E-state index contributed by atoms with van der Waals surface area (Å²) in [5.41, 5.74) is 2.18. The van der Waals surface area contributed by atoms with Crippen LogP contribution in [0.1, 0.15) is 75.8 Å². The van der Waals surface area contributed by atoms with Gasteiger partial charge in [0.1, 0.15) is 6.61 Å². The van der Waals surface area contributed by atoms with Gasteiger partial charge in [-0.3, -0.25) is 9.69 Å².